The first-order chi connectivity index (χ1) is 8.20. The fourth-order valence-electron chi connectivity index (χ4n) is 1.17. The molecule has 2 heterocycles. The van der Waals surface area contributed by atoms with Crippen LogP contribution in [0.1, 0.15) is 5.56 Å². The number of halogens is 3. The van der Waals surface area contributed by atoms with Crippen molar-refractivity contribution >= 4 is 41.7 Å². The third-order valence-electron chi connectivity index (χ3n) is 1.85. The first kappa shape index (κ1) is 12.7. The molecule has 0 amide bonds. The fraction of sp³-hybridized carbons (Fsp3) is 0. The predicted molar refractivity (Wildman–Crippen MR) is 74.8 cm³/mol. The van der Waals surface area contributed by atoms with Gasteiger partial charge in [0.1, 0.15) is 5.82 Å². The van der Waals surface area contributed by atoms with Gasteiger partial charge in [0, 0.05) is 33.5 Å². The van der Waals surface area contributed by atoms with Gasteiger partial charge in [-0.05, 0) is 20.1 Å². The molecule has 2 aromatic heterocycles. The molecule has 0 aliphatic rings. The summed E-state index contributed by atoms with van der Waals surface area (Å²) in [7, 11) is 1.35. The molecule has 7 heteroatoms. The molecular formula is C10H4ClFIN3S. The number of aromatic nitrogens is 3. The second-order valence-corrected chi connectivity index (χ2v) is 4.98. The van der Waals surface area contributed by atoms with Crippen LogP contribution < -0.4 is 0 Å². The summed E-state index contributed by atoms with van der Waals surface area (Å²) in [6.07, 6.45) is 4.26. The molecule has 0 fully saturated rings. The Kier molecular flexibility index (Phi) is 4.25. The van der Waals surface area contributed by atoms with E-state index in [0.29, 0.717) is 11.3 Å². The van der Waals surface area contributed by atoms with Gasteiger partial charge in [-0.2, -0.15) is 5.10 Å². The molecule has 0 spiro atoms. The maximum atomic E-state index is 13.0. The molecule has 0 bridgehead atoms. The number of pyridine rings is 1. The Labute approximate surface area is 118 Å². The summed E-state index contributed by atoms with van der Waals surface area (Å²) in [5.74, 6) is 2.42. The number of hydrogen-bond donors (Lipinski definition) is 0. The normalized spacial score (nSPS) is 9.82. The van der Waals surface area contributed by atoms with Crippen molar-refractivity contribution in [1.29, 1.82) is 0 Å². The van der Waals surface area contributed by atoms with Crippen molar-refractivity contribution in [3.63, 3.8) is 0 Å². The quantitative estimate of drug-likeness (QED) is 0.562. The van der Waals surface area contributed by atoms with E-state index in [4.69, 9.17) is 11.6 Å². The first-order valence-electron chi connectivity index (χ1n) is 4.35. The van der Waals surface area contributed by atoms with Crippen LogP contribution in [0.2, 0.25) is 5.15 Å². The largest absolute Gasteiger partial charge is 0.259 e. The van der Waals surface area contributed by atoms with E-state index in [2.05, 4.69) is 42.5 Å². The third-order valence-corrected chi connectivity index (χ3v) is 2.97. The first-order valence-corrected chi connectivity index (χ1v) is 8.09. The summed E-state index contributed by atoms with van der Waals surface area (Å²) in [6.45, 7) is 0. The molecule has 2 rings (SSSR count). The number of hydrogen-bond acceptors (Lipinski definition) is 3. The highest BCUT2D eigenvalue weighted by Gasteiger charge is 2.06. The van der Waals surface area contributed by atoms with Gasteiger partial charge in [-0.3, -0.25) is 4.98 Å². The van der Waals surface area contributed by atoms with Gasteiger partial charge in [-0.1, -0.05) is 11.6 Å². The van der Waals surface area contributed by atoms with Gasteiger partial charge in [0.2, 0.25) is 0 Å². The lowest BCUT2D eigenvalue weighted by atomic mass is 10.4. The van der Waals surface area contributed by atoms with Gasteiger partial charge >= 0.3 is 0 Å². The molecule has 0 aromatic carbocycles. The smallest absolute Gasteiger partial charge is 0.167 e. The molecule has 86 valence electrons. The van der Waals surface area contributed by atoms with Crippen LogP contribution in [-0.4, -0.2) is 14.8 Å². The van der Waals surface area contributed by atoms with Gasteiger partial charge < -0.3 is 0 Å². The minimum atomic E-state index is -0.426. The van der Waals surface area contributed by atoms with Crippen LogP contribution in [-0.2, 0) is 0 Å². The molecule has 0 saturated heterocycles. The van der Waals surface area contributed by atoms with Crippen molar-refractivity contribution in [3.8, 4) is 16.9 Å². The minimum Gasteiger partial charge on any atom is -0.259 e. The molecule has 0 unspecified atom stereocenters. The van der Waals surface area contributed by atoms with Crippen LogP contribution in [0.4, 0.5) is 4.39 Å². The molecule has 0 N–H and O–H groups in total. The highest BCUT2D eigenvalue weighted by molar-refractivity contribution is 14.2. The maximum Gasteiger partial charge on any atom is 0.167 e. The van der Waals surface area contributed by atoms with E-state index in [-0.39, 0.29) is 5.15 Å². The lowest BCUT2D eigenvalue weighted by Crippen LogP contribution is -1.95. The summed E-state index contributed by atoms with van der Waals surface area (Å²) in [4.78, 5) is 3.74. The highest BCUT2D eigenvalue weighted by Crippen LogP contribution is 2.17. The monoisotopic (exact) mass is 379 g/mol. The average Bonchev–Trinajstić information content (AvgIpc) is 2.68. The van der Waals surface area contributed by atoms with Gasteiger partial charge in [-0.25, -0.2) is 9.07 Å². The lowest BCUT2D eigenvalue weighted by molar-refractivity contribution is 0.618. The molecule has 3 nitrogen and oxygen atoms in total. The molecule has 17 heavy (non-hydrogen) atoms. The molecule has 0 aliphatic carbocycles. The van der Waals surface area contributed by atoms with Crippen molar-refractivity contribution in [2.75, 3.05) is 0 Å². The van der Waals surface area contributed by atoms with Gasteiger partial charge in [-0.15, -0.1) is 0 Å². The predicted octanol–water partition coefficient (Wildman–Crippen LogP) is 3.45. The Morgan fingerprint density at radius 1 is 1.47 bits per heavy atom. The van der Waals surface area contributed by atoms with Gasteiger partial charge in [0.25, 0.3) is 0 Å². The number of rotatable bonds is 1. The van der Waals surface area contributed by atoms with E-state index in [1.807, 2.05) is 0 Å². The standard InChI is InChI=1S/C10H4ClFIN3S/c11-10-7(1-2-17-13)6-16(15-10)9-3-8(12)4-14-5-9/h3-6H. The fourth-order valence-corrected chi connectivity index (χ4v) is 1.83. The zero-order valence-electron chi connectivity index (χ0n) is 8.19. The van der Waals surface area contributed by atoms with E-state index in [9.17, 15) is 4.39 Å². The Bertz CT molecular complexity index is 605. The highest BCUT2D eigenvalue weighted by atomic mass is 127. The zero-order valence-corrected chi connectivity index (χ0v) is 11.9. The average molecular weight is 380 g/mol. The SMILES string of the molecule is Fc1cncc(-n2cc(C#CSI)c(Cl)n2)c1. The summed E-state index contributed by atoms with van der Waals surface area (Å²) >= 11 is 7.97. The second kappa shape index (κ2) is 5.71. The van der Waals surface area contributed by atoms with Crippen molar-refractivity contribution in [2.24, 2.45) is 0 Å². The summed E-state index contributed by atoms with van der Waals surface area (Å²) in [5, 5.41) is 7.13. The Balaban J connectivity index is 2.41. The number of nitrogens with zero attached hydrogens (tertiary/aromatic N) is 3. The topological polar surface area (TPSA) is 30.7 Å². The van der Waals surface area contributed by atoms with E-state index in [0.717, 1.165) is 6.20 Å². The van der Waals surface area contributed by atoms with Crippen LogP contribution in [0, 0.1) is 17.0 Å². The maximum absolute atomic E-state index is 13.0. The third kappa shape index (κ3) is 3.12. The van der Waals surface area contributed by atoms with Crippen molar-refractivity contribution in [1.82, 2.24) is 14.8 Å². The Morgan fingerprint density at radius 3 is 3.00 bits per heavy atom. The van der Waals surface area contributed by atoms with E-state index in [1.165, 1.54) is 25.9 Å². The molecule has 0 aliphatic heterocycles. The summed E-state index contributed by atoms with van der Waals surface area (Å²) in [5.41, 5.74) is 1.10. The summed E-state index contributed by atoms with van der Waals surface area (Å²) in [6, 6.07) is 1.32. The van der Waals surface area contributed by atoms with Gasteiger partial charge in [0.05, 0.1) is 23.6 Å². The molecule has 0 radical (unpaired) electrons. The second-order valence-electron chi connectivity index (χ2n) is 2.94. The van der Waals surface area contributed by atoms with Crippen molar-refractivity contribution in [2.45, 2.75) is 0 Å². The van der Waals surface area contributed by atoms with Gasteiger partial charge in [0.15, 0.2) is 5.15 Å². The van der Waals surface area contributed by atoms with E-state index < -0.39 is 5.82 Å². The lowest BCUT2D eigenvalue weighted by Gasteiger charge is -1.98. The van der Waals surface area contributed by atoms with Crippen LogP contribution in [0.15, 0.2) is 24.7 Å². The van der Waals surface area contributed by atoms with Crippen molar-refractivity contribution in [3.05, 3.63) is 41.2 Å². The van der Waals surface area contributed by atoms with Crippen LogP contribution in [0.3, 0.4) is 0 Å². The van der Waals surface area contributed by atoms with E-state index >= 15 is 0 Å². The zero-order chi connectivity index (χ0) is 12.3. The minimum absolute atomic E-state index is 0.284. The van der Waals surface area contributed by atoms with Crippen LogP contribution in [0.25, 0.3) is 5.69 Å². The van der Waals surface area contributed by atoms with Crippen LogP contribution in [0.5, 0.6) is 0 Å². The molecule has 0 atom stereocenters. The Morgan fingerprint density at radius 2 is 2.29 bits per heavy atom. The van der Waals surface area contributed by atoms with Crippen LogP contribution >= 0.6 is 41.7 Å². The van der Waals surface area contributed by atoms with Crippen molar-refractivity contribution < 1.29 is 4.39 Å². The summed E-state index contributed by atoms with van der Waals surface area (Å²) < 4.78 is 14.4. The Hall–Kier alpha value is -0.780. The molecule has 2 aromatic rings. The molecule has 0 saturated carbocycles. The molecular weight excluding hydrogens is 376 g/mol. The van der Waals surface area contributed by atoms with E-state index in [1.54, 1.807) is 6.20 Å².